The number of nitrogens with one attached hydrogen (secondary N) is 1. The molecule has 0 spiro atoms. The number of nitrogen functional groups attached to an aromatic ring is 1. The van der Waals surface area contributed by atoms with Gasteiger partial charge in [0.05, 0.1) is 10.6 Å². The summed E-state index contributed by atoms with van der Waals surface area (Å²) in [4.78, 5) is 11.5. The van der Waals surface area contributed by atoms with Gasteiger partial charge in [0, 0.05) is 0 Å². The minimum absolute atomic E-state index is 0.378. The molecule has 0 aromatic heterocycles. The first kappa shape index (κ1) is 9.96. The first-order valence-electron chi connectivity index (χ1n) is 4.42. The van der Waals surface area contributed by atoms with Gasteiger partial charge in [0.15, 0.2) is 0 Å². The highest BCUT2D eigenvalue weighted by Gasteiger charge is 2.12. The zero-order valence-corrected chi connectivity index (χ0v) is 8.58. The Bertz CT molecular complexity index is 525. The average Bonchev–Trinajstić information content (AvgIpc) is 2.28. The summed E-state index contributed by atoms with van der Waals surface area (Å²) in [5, 5.41) is 2.16. The van der Waals surface area contributed by atoms with Crippen LogP contribution in [-0.4, -0.2) is 5.91 Å². The smallest absolute Gasteiger partial charge is 0.267 e. The van der Waals surface area contributed by atoms with Crippen LogP contribution in [0.15, 0.2) is 36.4 Å². The molecule has 2 aromatic carbocycles. The van der Waals surface area contributed by atoms with Crippen molar-refractivity contribution >= 4 is 28.3 Å². The molecule has 15 heavy (non-hydrogen) atoms. The SMILES string of the molecule is NNC(=O)c1c(Cl)ccc2ccccc12. The van der Waals surface area contributed by atoms with Gasteiger partial charge in [-0.05, 0) is 16.8 Å². The number of carbonyl (C=O) groups excluding carboxylic acids is 1. The molecule has 2 aromatic rings. The zero-order valence-electron chi connectivity index (χ0n) is 7.83. The molecule has 0 aliphatic carbocycles. The lowest BCUT2D eigenvalue weighted by molar-refractivity contribution is 0.0955. The molecule has 2 rings (SSSR count). The van der Waals surface area contributed by atoms with Crippen molar-refractivity contribution in [2.75, 3.05) is 0 Å². The third-order valence-corrected chi connectivity index (χ3v) is 2.55. The van der Waals surface area contributed by atoms with Crippen LogP contribution in [0.3, 0.4) is 0 Å². The van der Waals surface area contributed by atoms with E-state index in [0.29, 0.717) is 10.6 Å². The second-order valence-electron chi connectivity index (χ2n) is 3.12. The summed E-state index contributed by atoms with van der Waals surface area (Å²) in [5.41, 5.74) is 2.50. The summed E-state index contributed by atoms with van der Waals surface area (Å²) >= 11 is 5.96. The van der Waals surface area contributed by atoms with E-state index in [1.54, 1.807) is 6.07 Å². The molecule has 3 nitrogen and oxygen atoms in total. The number of carbonyl (C=O) groups is 1. The number of rotatable bonds is 1. The van der Waals surface area contributed by atoms with Crippen molar-refractivity contribution in [1.29, 1.82) is 0 Å². The van der Waals surface area contributed by atoms with Crippen molar-refractivity contribution in [3.05, 3.63) is 47.0 Å². The maximum Gasteiger partial charge on any atom is 0.267 e. The molecule has 0 aliphatic rings. The zero-order chi connectivity index (χ0) is 10.8. The van der Waals surface area contributed by atoms with E-state index in [1.807, 2.05) is 30.3 Å². The van der Waals surface area contributed by atoms with Crippen LogP contribution >= 0.6 is 11.6 Å². The monoisotopic (exact) mass is 220 g/mol. The maximum atomic E-state index is 11.5. The molecule has 0 saturated carbocycles. The van der Waals surface area contributed by atoms with Gasteiger partial charge in [-0.2, -0.15) is 0 Å². The van der Waals surface area contributed by atoms with E-state index in [0.717, 1.165) is 10.8 Å². The quantitative estimate of drug-likeness (QED) is 0.439. The molecule has 0 saturated heterocycles. The molecule has 4 heteroatoms. The lowest BCUT2D eigenvalue weighted by atomic mass is 10.0. The molecular weight excluding hydrogens is 212 g/mol. The lowest BCUT2D eigenvalue weighted by Gasteiger charge is -2.06. The van der Waals surface area contributed by atoms with Crippen molar-refractivity contribution in [3.63, 3.8) is 0 Å². The highest BCUT2D eigenvalue weighted by Crippen LogP contribution is 2.25. The summed E-state index contributed by atoms with van der Waals surface area (Å²) in [6.45, 7) is 0. The molecule has 1 amide bonds. The van der Waals surface area contributed by atoms with Crippen LogP contribution < -0.4 is 11.3 Å². The Balaban J connectivity index is 2.79. The number of hydrogen-bond acceptors (Lipinski definition) is 2. The van der Waals surface area contributed by atoms with Crippen LogP contribution in [0, 0.1) is 0 Å². The van der Waals surface area contributed by atoms with E-state index >= 15 is 0 Å². The van der Waals surface area contributed by atoms with Gasteiger partial charge in [0.25, 0.3) is 5.91 Å². The second kappa shape index (κ2) is 3.88. The van der Waals surface area contributed by atoms with E-state index in [2.05, 4.69) is 5.43 Å². The average molecular weight is 221 g/mol. The summed E-state index contributed by atoms with van der Waals surface area (Å²) in [6.07, 6.45) is 0. The van der Waals surface area contributed by atoms with Gasteiger partial charge in [0.2, 0.25) is 0 Å². The molecule has 0 atom stereocenters. The maximum absolute atomic E-state index is 11.5. The van der Waals surface area contributed by atoms with E-state index in [-0.39, 0.29) is 5.91 Å². The van der Waals surface area contributed by atoms with Gasteiger partial charge < -0.3 is 0 Å². The topological polar surface area (TPSA) is 55.1 Å². The summed E-state index contributed by atoms with van der Waals surface area (Å²) in [7, 11) is 0. The predicted octanol–water partition coefficient (Wildman–Crippen LogP) is 2.10. The third kappa shape index (κ3) is 1.67. The van der Waals surface area contributed by atoms with Crippen LogP contribution in [0.1, 0.15) is 10.4 Å². The fraction of sp³-hybridized carbons (Fsp3) is 0. The summed E-state index contributed by atoms with van der Waals surface area (Å²) < 4.78 is 0. The van der Waals surface area contributed by atoms with Gasteiger partial charge >= 0.3 is 0 Å². The van der Waals surface area contributed by atoms with Crippen LogP contribution in [0.2, 0.25) is 5.02 Å². The number of amides is 1. The number of benzene rings is 2. The molecule has 0 bridgehead atoms. The van der Waals surface area contributed by atoms with Crippen LogP contribution in [-0.2, 0) is 0 Å². The molecule has 3 N–H and O–H groups in total. The number of nitrogens with two attached hydrogens (primary N) is 1. The molecule has 0 unspecified atom stereocenters. The van der Waals surface area contributed by atoms with Crippen molar-refractivity contribution in [2.45, 2.75) is 0 Å². The number of hydrogen-bond donors (Lipinski definition) is 2. The Morgan fingerprint density at radius 1 is 1.20 bits per heavy atom. The molecule has 76 valence electrons. The van der Waals surface area contributed by atoms with Crippen LogP contribution in [0.4, 0.5) is 0 Å². The molecule has 0 aliphatic heterocycles. The normalized spacial score (nSPS) is 10.3. The molecule has 0 heterocycles. The number of hydrazine groups is 1. The lowest BCUT2D eigenvalue weighted by Crippen LogP contribution is -2.30. The standard InChI is InChI=1S/C11H9ClN2O/c12-9-6-5-7-3-1-2-4-8(7)10(9)11(15)14-13/h1-6H,13H2,(H,14,15). The predicted molar refractivity (Wildman–Crippen MR) is 60.6 cm³/mol. The Morgan fingerprint density at radius 3 is 2.67 bits per heavy atom. The number of fused-ring (bicyclic) bond motifs is 1. The van der Waals surface area contributed by atoms with Crippen molar-refractivity contribution in [3.8, 4) is 0 Å². The van der Waals surface area contributed by atoms with E-state index in [9.17, 15) is 4.79 Å². The van der Waals surface area contributed by atoms with Gasteiger partial charge in [-0.15, -0.1) is 0 Å². The van der Waals surface area contributed by atoms with Gasteiger partial charge in [-0.1, -0.05) is 41.9 Å². The van der Waals surface area contributed by atoms with E-state index < -0.39 is 0 Å². The second-order valence-corrected chi connectivity index (χ2v) is 3.52. The Kier molecular flexibility index (Phi) is 2.58. The van der Waals surface area contributed by atoms with Gasteiger partial charge in [-0.3, -0.25) is 10.2 Å². The first-order valence-corrected chi connectivity index (χ1v) is 4.80. The number of halogens is 1. The van der Waals surface area contributed by atoms with Crippen molar-refractivity contribution in [2.24, 2.45) is 5.84 Å². The van der Waals surface area contributed by atoms with Crippen LogP contribution in [0.25, 0.3) is 10.8 Å². The molecular formula is C11H9ClN2O. The van der Waals surface area contributed by atoms with Gasteiger partial charge in [0.1, 0.15) is 0 Å². The Labute approximate surface area is 91.8 Å². The van der Waals surface area contributed by atoms with Crippen molar-refractivity contribution in [1.82, 2.24) is 5.43 Å². The summed E-state index contributed by atoms with van der Waals surface area (Å²) in [5.74, 6) is 4.73. The van der Waals surface area contributed by atoms with E-state index in [1.165, 1.54) is 0 Å². The largest absolute Gasteiger partial charge is 0.290 e. The fourth-order valence-electron chi connectivity index (χ4n) is 1.55. The Morgan fingerprint density at radius 2 is 1.93 bits per heavy atom. The Hall–Kier alpha value is -1.58. The summed E-state index contributed by atoms with van der Waals surface area (Å²) in [6, 6.07) is 11.1. The fourth-order valence-corrected chi connectivity index (χ4v) is 1.80. The van der Waals surface area contributed by atoms with Crippen LogP contribution in [0.5, 0.6) is 0 Å². The van der Waals surface area contributed by atoms with Gasteiger partial charge in [-0.25, -0.2) is 5.84 Å². The highest BCUT2D eigenvalue weighted by atomic mass is 35.5. The minimum Gasteiger partial charge on any atom is -0.290 e. The van der Waals surface area contributed by atoms with Crippen molar-refractivity contribution < 1.29 is 4.79 Å². The van der Waals surface area contributed by atoms with E-state index in [4.69, 9.17) is 17.4 Å². The molecule has 0 radical (unpaired) electrons. The first-order chi connectivity index (χ1) is 7.24. The molecule has 0 fully saturated rings. The minimum atomic E-state index is -0.378. The third-order valence-electron chi connectivity index (χ3n) is 2.24. The highest BCUT2D eigenvalue weighted by molar-refractivity contribution is 6.35.